The van der Waals surface area contributed by atoms with Crippen molar-refractivity contribution in [2.45, 2.75) is 90.2 Å². The highest BCUT2D eigenvalue weighted by Crippen LogP contribution is 2.35. The molecule has 10 heteroatoms. The van der Waals surface area contributed by atoms with Gasteiger partial charge < -0.3 is 21.8 Å². The zero-order valence-corrected chi connectivity index (χ0v) is 24.5. The van der Waals surface area contributed by atoms with E-state index in [4.69, 9.17) is 9.26 Å². The first-order valence-electron chi connectivity index (χ1n) is 14.6. The number of aryl methyl sites for hydroxylation is 1. The molecule has 2 aliphatic heterocycles. The molecular weight excluding hydrogens is 527 g/mol. The van der Waals surface area contributed by atoms with Gasteiger partial charge in [-0.25, -0.2) is 9.37 Å². The van der Waals surface area contributed by atoms with Gasteiger partial charge in [0, 0.05) is 60.9 Å². The van der Waals surface area contributed by atoms with Gasteiger partial charge in [0.2, 0.25) is 6.73 Å². The van der Waals surface area contributed by atoms with Crippen molar-refractivity contribution in [3.05, 3.63) is 64.6 Å². The Kier molecular flexibility index (Phi) is 9.96. The highest BCUT2D eigenvalue weighted by Gasteiger charge is 2.37. The zero-order valence-electron chi connectivity index (χ0n) is 24.5. The molecule has 2 aliphatic rings. The summed E-state index contributed by atoms with van der Waals surface area (Å²) in [6, 6.07) is 4.51. The van der Waals surface area contributed by atoms with Crippen LogP contribution in [0.4, 0.5) is 4.39 Å². The minimum absolute atomic E-state index is 0. The summed E-state index contributed by atoms with van der Waals surface area (Å²) in [6.45, 7) is 6.91. The normalized spacial score (nSPS) is 22.2. The van der Waals surface area contributed by atoms with Crippen LogP contribution in [0.3, 0.4) is 0 Å². The third kappa shape index (κ3) is 6.70. The lowest BCUT2D eigenvalue weighted by atomic mass is 9.90. The number of piperidine rings is 1. The SMILES string of the molecule is CCCCCC(=O)OC[N+]1(CCc2c(C)nc3n(c2=O)CCCC3O)CCC(c2noc3cc(F)ccc23)CC1.[CH3-]. The average Bonchev–Trinajstić information content (AvgIpc) is 3.36. The number of quaternary nitrogens is 1. The quantitative estimate of drug-likeness (QED) is 0.156. The number of likely N-dealkylation sites (tertiary alicyclic amines) is 1. The first-order chi connectivity index (χ1) is 19.3. The van der Waals surface area contributed by atoms with Crippen LogP contribution < -0.4 is 5.56 Å². The number of nitrogens with zero attached hydrogens (tertiary/aromatic N) is 4. The van der Waals surface area contributed by atoms with Gasteiger partial charge in [0.25, 0.3) is 5.56 Å². The minimum atomic E-state index is -0.706. The number of ether oxygens (including phenoxy) is 1. The Labute approximate surface area is 240 Å². The molecule has 0 radical (unpaired) electrons. The number of fused-ring (bicyclic) bond motifs is 2. The van der Waals surface area contributed by atoms with Crippen LogP contribution in [0.2, 0.25) is 0 Å². The lowest BCUT2D eigenvalue weighted by molar-refractivity contribution is -0.948. The molecule has 1 aromatic carbocycles. The second-order valence-electron chi connectivity index (χ2n) is 11.5. The Morgan fingerprint density at radius 1 is 1.24 bits per heavy atom. The number of esters is 1. The van der Waals surface area contributed by atoms with Crippen molar-refractivity contribution in [3.8, 4) is 0 Å². The Hall–Kier alpha value is -3.11. The molecule has 2 aromatic heterocycles. The van der Waals surface area contributed by atoms with E-state index in [1.54, 1.807) is 10.6 Å². The summed E-state index contributed by atoms with van der Waals surface area (Å²) in [5.41, 5.74) is 2.53. The number of unbranched alkanes of at least 4 members (excludes halogenated alkanes) is 2. The average molecular weight is 571 g/mol. The van der Waals surface area contributed by atoms with Crippen molar-refractivity contribution in [1.29, 1.82) is 0 Å². The number of hydrogen-bond acceptors (Lipinski definition) is 7. The van der Waals surface area contributed by atoms with E-state index in [0.717, 1.165) is 62.7 Å². The minimum Gasteiger partial charge on any atom is -0.415 e. The van der Waals surface area contributed by atoms with Crippen LogP contribution in [-0.2, 0) is 22.5 Å². The number of aliphatic hydroxyl groups excluding tert-OH is 1. The number of rotatable bonds is 10. The molecule has 1 N–H and O–H groups in total. The van der Waals surface area contributed by atoms with E-state index in [-0.39, 0.29) is 37.4 Å². The number of benzene rings is 1. The molecule has 224 valence electrons. The first kappa shape index (κ1) is 30.8. The van der Waals surface area contributed by atoms with Gasteiger partial charge in [-0.15, -0.1) is 0 Å². The number of carbonyl (C=O) groups is 1. The van der Waals surface area contributed by atoms with Crippen molar-refractivity contribution >= 4 is 16.9 Å². The molecule has 0 amide bonds. The summed E-state index contributed by atoms with van der Waals surface area (Å²) in [7, 11) is 0. The second-order valence-corrected chi connectivity index (χ2v) is 11.5. The van der Waals surface area contributed by atoms with Gasteiger partial charge in [0.15, 0.2) is 5.58 Å². The smallest absolute Gasteiger partial charge is 0.310 e. The van der Waals surface area contributed by atoms with Gasteiger partial charge in [-0.3, -0.25) is 18.6 Å². The number of carbonyl (C=O) groups excluding carboxylic acids is 1. The maximum Gasteiger partial charge on any atom is 0.310 e. The summed E-state index contributed by atoms with van der Waals surface area (Å²) in [5.74, 6) is 0.0753. The van der Waals surface area contributed by atoms with Crippen molar-refractivity contribution < 1.29 is 28.0 Å². The van der Waals surface area contributed by atoms with E-state index < -0.39 is 6.10 Å². The molecule has 0 saturated carbocycles. The van der Waals surface area contributed by atoms with Crippen molar-refractivity contribution in [2.24, 2.45) is 0 Å². The fraction of sp³-hybridized carbons (Fsp3) is 0.581. The van der Waals surface area contributed by atoms with Crippen LogP contribution in [-0.4, -0.2) is 56.6 Å². The largest absolute Gasteiger partial charge is 0.415 e. The van der Waals surface area contributed by atoms with Crippen LogP contribution in [0.25, 0.3) is 11.0 Å². The first-order valence-corrected chi connectivity index (χ1v) is 14.6. The number of aliphatic hydroxyl groups is 1. The molecule has 4 heterocycles. The molecule has 1 saturated heterocycles. The van der Waals surface area contributed by atoms with Crippen LogP contribution in [0.15, 0.2) is 27.5 Å². The number of hydrogen-bond donors (Lipinski definition) is 1. The molecule has 0 bridgehead atoms. The molecule has 5 rings (SSSR count). The number of halogens is 1. The van der Waals surface area contributed by atoms with Gasteiger partial charge in [-0.2, -0.15) is 0 Å². The van der Waals surface area contributed by atoms with Crippen molar-refractivity contribution in [2.75, 3.05) is 26.4 Å². The molecule has 0 spiro atoms. The van der Waals surface area contributed by atoms with E-state index in [1.807, 2.05) is 6.92 Å². The molecular formula is C31H43FN4O5. The lowest BCUT2D eigenvalue weighted by Crippen LogP contribution is -2.55. The Balaban J connectivity index is 0.00000387. The third-order valence-corrected chi connectivity index (χ3v) is 8.73. The monoisotopic (exact) mass is 570 g/mol. The topological polar surface area (TPSA) is 107 Å². The highest BCUT2D eigenvalue weighted by atomic mass is 19.1. The van der Waals surface area contributed by atoms with Crippen molar-refractivity contribution in [1.82, 2.24) is 14.7 Å². The summed E-state index contributed by atoms with van der Waals surface area (Å²) < 4.78 is 27.1. The summed E-state index contributed by atoms with van der Waals surface area (Å²) in [5, 5.41) is 15.5. The van der Waals surface area contributed by atoms with Crippen LogP contribution in [0.1, 0.15) is 93.1 Å². The molecule has 1 unspecified atom stereocenters. The molecule has 9 nitrogen and oxygen atoms in total. The van der Waals surface area contributed by atoms with Gasteiger partial charge in [0.1, 0.15) is 17.7 Å². The fourth-order valence-corrected chi connectivity index (χ4v) is 6.23. The number of aromatic nitrogens is 3. The maximum absolute atomic E-state index is 13.7. The molecule has 3 aromatic rings. The van der Waals surface area contributed by atoms with Crippen molar-refractivity contribution in [3.63, 3.8) is 0 Å². The van der Waals surface area contributed by atoms with Gasteiger partial charge in [-0.05, 0) is 38.3 Å². The van der Waals surface area contributed by atoms with E-state index in [1.165, 1.54) is 12.1 Å². The van der Waals surface area contributed by atoms with Gasteiger partial charge in [-0.1, -0.05) is 24.9 Å². The molecule has 0 aliphatic carbocycles. The van der Waals surface area contributed by atoms with Crippen LogP contribution in [0.5, 0.6) is 0 Å². The van der Waals surface area contributed by atoms with Gasteiger partial charge in [0.05, 0.1) is 25.3 Å². The highest BCUT2D eigenvalue weighted by molar-refractivity contribution is 5.79. The second kappa shape index (κ2) is 13.2. The summed E-state index contributed by atoms with van der Waals surface area (Å²) in [4.78, 5) is 30.5. The summed E-state index contributed by atoms with van der Waals surface area (Å²) >= 11 is 0. The maximum atomic E-state index is 13.7. The molecule has 1 atom stereocenters. The molecule has 41 heavy (non-hydrogen) atoms. The Morgan fingerprint density at radius 2 is 2.02 bits per heavy atom. The van der Waals surface area contributed by atoms with E-state index >= 15 is 0 Å². The standard InChI is InChI=1S/C30H40FN4O5.CH3/c1-3-4-5-8-27(37)39-19-35(17-13-23-20(2)32-29-25(36)7-6-14-34(29)30(23)38)15-11-21(12-16-35)28-24-10-9-22(31)18-26(24)40-33-28;/h9-10,18,21,25,36H,3-8,11-17,19H2,1-2H3;1H3/q+1;-1. The third-order valence-electron chi connectivity index (χ3n) is 8.73. The van der Waals surface area contributed by atoms with E-state index in [2.05, 4.69) is 17.1 Å². The summed E-state index contributed by atoms with van der Waals surface area (Å²) in [6.07, 6.45) is 6.05. The molecule has 1 fully saturated rings. The Morgan fingerprint density at radius 3 is 2.78 bits per heavy atom. The van der Waals surface area contributed by atoms with E-state index in [9.17, 15) is 19.1 Å². The van der Waals surface area contributed by atoms with Crippen LogP contribution in [0, 0.1) is 20.2 Å². The Bertz CT molecular complexity index is 1410. The predicted octanol–water partition coefficient (Wildman–Crippen LogP) is 5.13. The zero-order chi connectivity index (χ0) is 28.3. The fourth-order valence-electron chi connectivity index (χ4n) is 6.23. The van der Waals surface area contributed by atoms with Crippen LogP contribution >= 0.6 is 0 Å². The predicted molar refractivity (Wildman–Crippen MR) is 153 cm³/mol. The lowest BCUT2D eigenvalue weighted by Gasteiger charge is -2.42. The van der Waals surface area contributed by atoms with E-state index in [0.29, 0.717) is 59.5 Å². The van der Waals surface area contributed by atoms with Gasteiger partial charge >= 0.3 is 5.97 Å².